The van der Waals surface area contributed by atoms with E-state index in [0.29, 0.717) is 18.2 Å². The molecule has 92 valence electrons. The maximum Gasteiger partial charge on any atom is 0.178 e. The van der Waals surface area contributed by atoms with Crippen LogP contribution in [0, 0.1) is 5.92 Å². The first-order chi connectivity index (χ1) is 8.08. The zero-order chi connectivity index (χ0) is 12.4. The molecule has 17 heavy (non-hydrogen) atoms. The van der Waals surface area contributed by atoms with Crippen molar-refractivity contribution >= 4 is 11.5 Å². The largest absolute Gasteiger partial charge is 0.391 e. The molecule has 1 aliphatic rings. The smallest absolute Gasteiger partial charge is 0.178 e. The van der Waals surface area contributed by atoms with Gasteiger partial charge in [-0.25, -0.2) is 0 Å². The number of aromatic nitrogens is 1. The second-order valence-electron chi connectivity index (χ2n) is 4.74. The van der Waals surface area contributed by atoms with Gasteiger partial charge in [0.1, 0.15) is 5.69 Å². The van der Waals surface area contributed by atoms with Gasteiger partial charge in [-0.05, 0) is 24.5 Å². The molecule has 0 amide bonds. The van der Waals surface area contributed by atoms with Crippen molar-refractivity contribution in [3.05, 3.63) is 24.0 Å². The first-order valence-electron chi connectivity index (χ1n) is 5.98. The molecule has 0 aromatic carbocycles. The Morgan fingerprint density at radius 2 is 2.29 bits per heavy atom. The Kier molecular flexibility index (Phi) is 3.43. The zero-order valence-corrected chi connectivity index (χ0v) is 10.3. The van der Waals surface area contributed by atoms with Crippen molar-refractivity contribution in [3.63, 3.8) is 0 Å². The first kappa shape index (κ1) is 12.0. The second-order valence-corrected chi connectivity index (χ2v) is 4.74. The summed E-state index contributed by atoms with van der Waals surface area (Å²) >= 11 is 0. The van der Waals surface area contributed by atoms with Gasteiger partial charge in [0.05, 0.1) is 18.0 Å². The molecule has 0 aliphatic carbocycles. The minimum absolute atomic E-state index is 0.0242. The van der Waals surface area contributed by atoms with Crippen molar-refractivity contribution in [2.75, 3.05) is 18.0 Å². The highest BCUT2D eigenvalue weighted by atomic mass is 16.3. The highest BCUT2D eigenvalue weighted by Crippen LogP contribution is 2.22. The Balaban J connectivity index is 2.10. The molecule has 1 aliphatic heterocycles. The third kappa shape index (κ3) is 2.64. The molecule has 1 N–H and O–H groups in total. The van der Waals surface area contributed by atoms with Gasteiger partial charge in [0.2, 0.25) is 0 Å². The molecule has 2 unspecified atom stereocenters. The van der Waals surface area contributed by atoms with E-state index in [-0.39, 0.29) is 11.9 Å². The fourth-order valence-electron chi connectivity index (χ4n) is 2.06. The molecule has 4 heteroatoms. The lowest BCUT2D eigenvalue weighted by Gasteiger charge is -2.35. The van der Waals surface area contributed by atoms with Gasteiger partial charge in [-0.1, -0.05) is 6.92 Å². The molecule has 2 atom stereocenters. The van der Waals surface area contributed by atoms with E-state index in [1.807, 2.05) is 6.07 Å². The standard InChI is InChI=1S/C13H18N2O2/c1-9-5-6-15(8-13(9)17)11-3-4-12(10(2)16)14-7-11/h3-4,7,9,13,17H,5-6,8H2,1-2H3. The van der Waals surface area contributed by atoms with Crippen LogP contribution in [0.15, 0.2) is 18.3 Å². The third-order valence-corrected chi connectivity index (χ3v) is 3.39. The van der Waals surface area contributed by atoms with Crippen LogP contribution in [0.1, 0.15) is 30.8 Å². The topological polar surface area (TPSA) is 53.4 Å². The van der Waals surface area contributed by atoms with Crippen molar-refractivity contribution in [3.8, 4) is 0 Å². The van der Waals surface area contributed by atoms with E-state index in [4.69, 9.17) is 0 Å². The number of ketones is 1. The third-order valence-electron chi connectivity index (χ3n) is 3.39. The van der Waals surface area contributed by atoms with Crippen molar-refractivity contribution in [1.82, 2.24) is 4.98 Å². The molecule has 1 saturated heterocycles. The second kappa shape index (κ2) is 4.84. The number of pyridine rings is 1. The average molecular weight is 234 g/mol. The summed E-state index contributed by atoms with van der Waals surface area (Å²) in [7, 11) is 0. The predicted molar refractivity (Wildman–Crippen MR) is 66.2 cm³/mol. The van der Waals surface area contributed by atoms with Crippen LogP contribution in [-0.4, -0.2) is 35.1 Å². The first-order valence-corrected chi connectivity index (χ1v) is 5.98. The fraction of sp³-hybridized carbons (Fsp3) is 0.538. The highest BCUT2D eigenvalue weighted by molar-refractivity contribution is 5.92. The van der Waals surface area contributed by atoms with Gasteiger partial charge >= 0.3 is 0 Å². The van der Waals surface area contributed by atoms with Crippen LogP contribution >= 0.6 is 0 Å². The van der Waals surface area contributed by atoms with Crippen molar-refractivity contribution in [1.29, 1.82) is 0 Å². The molecule has 4 nitrogen and oxygen atoms in total. The van der Waals surface area contributed by atoms with Gasteiger partial charge < -0.3 is 10.0 Å². The van der Waals surface area contributed by atoms with Gasteiger partial charge in [0.25, 0.3) is 0 Å². The maximum absolute atomic E-state index is 11.1. The van der Waals surface area contributed by atoms with Crippen LogP contribution in [0.3, 0.4) is 0 Å². The summed E-state index contributed by atoms with van der Waals surface area (Å²) in [6.07, 6.45) is 2.41. The lowest BCUT2D eigenvalue weighted by atomic mass is 9.96. The van der Waals surface area contributed by atoms with Gasteiger partial charge in [0.15, 0.2) is 5.78 Å². The van der Waals surface area contributed by atoms with Crippen molar-refractivity contribution in [2.45, 2.75) is 26.4 Å². The van der Waals surface area contributed by atoms with Gasteiger partial charge in [0, 0.05) is 20.0 Å². The zero-order valence-electron chi connectivity index (χ0n) is 10.3. The van der Waals surface area contributed by atoms with Crippen LogP contribution in [-0.2, 0) is 0 Å². The molecule has 2 heterocycles. The minimum atomic E-state index is -0.281. The number of anilines is 1. The van der Waals surface area contributed by atoms with E-state index in [2.05, 4.69) is 16.8 Å². The molecular formula is C13H18N2O2. The van der Waals surface area contributed by atoms with Crippen LogP contribution in [0.4, 0.5) is 5.69 Å². The molecule has 1 aromatic rings. The van der Waals surface area contributed by atoms with E-state index in [1.165, 1.54) is 6.92 Å². The quantitative estimate of drug-likeness (QED) is 0.788. The average Bonchev–Trinajstić information content (AvgIpc) is 2.33. The summed E-state index contributed by atoms with van der Waals surface area (Å²) in [5.74, 6) is 0.333. The number of Topliss-reactive ketones (excluding diaryl/α,β-unsaturated/α-hetero) is 1. The molecule has 2 rings (SSSR count). The molecule has 0 spiro atoms. The predicted octanol–water partition coefficient (Wildman–Crippen LogP) is 1.49. The minimum Gasteiger partial charge on any atom is -0.391 e. The molecule has 0 bridgehead atoms. The number of carbonyl (C=O) groups excluding carboxylic acids is 1. The van der Waals surface area contributed by atoms with E-state index >= 15 is 0 Å². The molecule has 0 saturated carbocycles. The summed E-state index contributed by atoms with van der Waals surface area (Å²) in [6.45, 7) is 5.15. The Hall–Kier alpha value is -1.42. The number of nitrogens with zero attached hydrogens (tertiary/aromatic N) is 2. The van der Waals surface area contributed by atoms with E-state index < -0.39 is 0 Å². The summed E-state index contributed by atoms with van der Waals surface area (Å²) < 4.78 is 0. The van der Waals surface area contributed by atoms with E-state index in [0.717, 1.165) is 18.7 Å². The Morgan fingerprint density at radius 1 is 1.53 bits per heavy atom. The Morgan fingerprint density at radius 3 is 2.82 bits per heavy atom. The number of hydrogen-bond acceptors (Lipinski definition) is 4. The molecule has 0 radical (unpaired) electrons. The summed E-state index contributed by atoms with van der Waals surface area (Å²) in [5.41, 5.74) is 1.46. The normalized spacial score (nSPS) is 24.8. The lowest BCUT2D eigenvalue weighted by molar-refractivity contribution is 0.101. The number of aliphatic hydroxyl groups excluding tert-OH is 1. The number of carbonyl (C=O) groups is 1. The molecular weight excluding hydrogens is 216 g/mol. The monoisotopic (exact) mass is 234 g/mol. The van der Waals surface area contributed by atoms with Crippen LogP contribution < -0.4 is 4.90 Å². The summed E-state index contributed by atoms with van der Waals surface area (Å²) in [6, 6.07) is 3.63. The molecule has 1 fully saturated rings. The summed E-state index contributed by atoms with van der Waals surface area (Å²) in [4.78, 5) is 17.3. The van der Waals surface area contributed by atoms with Crippen LogP contribution in [0.2, 0.25) is 0 Å². The van der Waals surface area contributed by atoms with Crippen molar-refractivity contribution < 1.29 is 9.90 Å². The number of piperidine rings is 1. The lowest BCUT2D eigenvalue weighted by Crippen LogP contribution is -2.42. The molecule has 1 aromatic heterocycles. The number of rotatable bonds is 2. The highest BCUT2D eigenvalue weighted by Gasteiger charge is 2.24. The van der Waals surface area contributed by atoms with E-state index in [1.54, 1.807) is 12.3 Å². The number of aliphatic hydroxyl groups is 1. The maximum atomic E-state index is 11.1. The number of hydrogen-bond donors (Lipinski definition) is 1. The fourth-order valence-corrected chi connectivity index (χ4v) is 2.06. The van der Waals surface area contributed by atoms with Gasteiger partial charge in [-0.3, -0.25) is 9.78 Å². The Labute approximate surface area is 101 Å². The van der Waals surface area contributed by atoms with Crippen molar-refractivity contribution in [2.24, 2.45) is 5.92 Å². The number of β-amino-alcohol motifs (C(OH)–C–C–N with tert-alkyl or cyclic N) is 1. The van der Waals surface area contributed by atoms with Gasteiger partial charge in [-0.2, -0.15) is 0 Å². The summed E-state index contributed by atoms with van der Waals surface area (Å²) in [5, 5.41) is 9.84. The van der Waals surface area contributed by atoms with Crippen LogP contribution in [0.25, 0.3) is 0 Å². The van der Waals surface area contributed by atoms with E-state index in [9.17, 15) is 9.90 Å². The van der Waals surface area contributed by atoms with Crippen LogP contribution in [0.5, 0.6) is 0 Å². The van der Waals surface area contributed by atoms with Gasteiger partial charge in [-0.15, -0.1) is 0 Å². The Bertz CT molecular complexity index is 402. The SMILES string of the molecule is CC(=O)c1ccc(N2CCC(C)C(O)C2)cn1.